The second kappa shape index (κ2) is 5.71. The number of ether oxygens (including phenoxy) is 2. The number of aryl methyl sites for hydroxylation is 2. The summed E-state index contributed by atoms with van der Waals surface area (Å²) in [6.45, 7) is 7.35. The van der Waals surface area contributed by atoms with Gasteiger partial charge in [0.25, 0.3) is 0 Å². The van der Waals surface area contributed by atoms with Gasteiger partial charge >= 0.3 is 0 Å². The molecule has 4 unspecified atom stereocenters. The molecule has 4 atom stereocenters. The number of nitrogens with zero attached hydrogens (tertiary/aromatic N) is 6. The fourth-order valence-corrected chi connectivity index (χ4v) is 4.43. The van der Waals surface area contributed by atoms with E-state index in [-0.39, 0.29) is 12.2 Å². The molecule has 8 heteroatoms. The van der Waals surface area contributed by atoms with E-state index >= 15 is 0 Å². The van der Waals surface area contributed by atoms with Gasteiger partial charge in [0.05, 0.1) is 30.3 Å². The Kier molecular flexibility index (Phi) is 3.34. The molecule has 0 bridgehead atoms. The Morgan fingerprint density at radius 2 is 1.93 bits per heavy atom. The predicted octanol–water partition coefficient (Wildman–Crippen LogP) is 2.46. The summed E-state index contributed by atoms with van der Waals surface area (Å²) in [7, 11) is 0. The van der Waals surface area contributed by atoms with Crippen LogP contribution in [0.25, 0.3) is 11.8 Å². The molecule has 2 aliphatic heterocycles. The molecule has 3 aromatic heterocycles. The molecular formula is C20H22N6O2. The summed E-state index contributed by atoms with van der Waals surface area (Å²) in [6.07, 6.45) is 6.85. The Balaban J connectivity index is 1.34. The Labute approximate surface area is 162 Å². The number of rotatable bonds is 2. The van der Waals surface area contributed by atoms with Gasteiger partial charge in [-0.25, -0.2) is 14.5 Å². The van der Waals surface area contributed by atoms with Gasteiger partial charge in [-0.05, 0) is 33.3 Å². The number of hydrogen-bond donors (Lipinski definition) is 0. The van der Waals surface area contributed by atoms with E-state index in [4.69, 9.17) is 24.5 Å². The fourth-order valence-electron chi connectivity index (χ4n) is 4.43. The van der Waals surface area contributed by atoms with Gasteiger partial charge in [-0.15, -0.1) is 0 Å². The first kappa shape index (κ1) is 16.4. The molecule has 3 aromatic rings. The zero-order valence-electron chi connectivity index (χ0n) is 16.2. The van der Waals surface area contributed by atoms with Crippen molar-refractivity contribution in [1.29, 1.82) is 0 Å². The second-order valence-electron chi connectivity index (χ2n) is 7.92. The first-order valence-corrected chi connectivity index (χ1v) is 9.81. The summed E-state index contributed by atoms with van der Waals surface area (Å²) in [4.78, 5) is 14.2. The number of hydrogen-bond acceptors (Lipinski definition) is 6. The SMILES string of the molecule is Cc1ncc(C)n2nc(C3CC3c3nc4n(c3C)C=CC3OCCOC43)nc12. The second-order valence-corrected chi connectivity index (χ2v) is 7.92. The van der Waals surface area contributed by atoms with Gasteiger partial charge in [-0.3, -0.25) is 4.98 Å². The minimum Gasteiger partial charge on any atom is -0.368 e. The molecule has 2 fully saturated rings. The van der Waals surface area contributed by atoms with Crippen molar-refractivity contribution in [3.8, 4) is 0 Å². The lowest BCUT2D eigenvalue weighted by Gasteiger charge is -2.32. The molecule has 6 rings (SSSR count). The van der Waals surface area contributed by atoms with E-state index in [1.165, 1.54) is 5.69 Å². The number of fused-ring (bicyclic) bond motifs is 4. The summed E-state index contributed by atoms with van der Waals surface area (Å²) in [5.41, 5.74) is 5.05. The van der Waals surface area contributed by atoms with Crippen LogP contribution in [0.2, 0.25) is 0 Å². The monoisotopic (exact) mass is 378 g/mol. The van der Waals surface area contributed by atoms with Crippen molar-refractivity contribution in [2.24, 2.45) is 0 Å². The fraction of sp³-hybridized carbons (Fsp3) is 0.500. The zero-order chi connectivity index (χ0) is 19.0. The lowest BCUT2D eigenvalue weighted by molar-refractivity contribution is -0.128. The van der Waals surface area contributed by atoms with Gasteiger partial charge < -0.3 is 14.0 Å². The van der Waals surface area contributed by atoms with Gasteiger partial charge in [0.2, 0.25) is 0 Å². The highest BCUT2D eigenvalue weighted by Gasteiger charge is 2.46. The smallest absolute Gasteiger partial charge is 0.177 e. The van der Waals surface area contributed by atoms with Crippen molar-refractivity contribution in [1.82, 2.24) is 29.1 Å². The minimum atomic E-state index is -0.118. The molecule has 0 aromatic carbocycles. The van der Waals surface area contributed by atoms with Gasteiger partial charge in [-0.1, -0.05) is 0 Å². The van der Waals surface area contributed by atoms with Crippen LogP contribution in [0, 0.1) is 20.8 Å². The third-order valence-corrected chi connectivity index (χ3v) is 6.08. The molecule has 0 spiro atoms. The van der Waals surface area contributed by atoms with E-state index < -0.39 is 0 Å². The highest BCUT2D eigenvalue weighted by Crippen LogP contribution is 2.54. The Morgan fingerprint density at radius 3 is 2.79 bits per heavy atom. The van der Waals surface area contributed by atoms with E-state index in [0.717, 1.165) is 40.8 Å². The first-order chi connectivity index (χ1) is 13.6. The third kappa shape index (κ3) is 2.24. The normalized spacial score (nSPS) is 28.4. The van der Waals surface area contributed by atoms with Gasteiger partial charge in [0.1, 0.15) is 18.0 Å². The topological polar surface area (TPSA) is 79.4 Å². The third-order valence-electron chi connectivity index (χ3n) is 6.08. The molecule has 0 radical (unpaired) electrons. The van der Waals surface area contributed by atoms with Crippen LogP contribution in [0.5, 0.6) is 0 Å². The molecule has 1 aliphatic carbocycles. The van der Waals surface area contributed by atoms with E-state index in [9.17, 15) is 0 Å². The molecule has 1 saturated carbocycles. The highest BCUT2D eigenvalue weighted by atomic mass is 16.6. The average molecular weight is 378 g/mol. The highest BCUT2D eigenvalue weighted by molar-refractivity contribution is 5.46. The standard InChI is InChI=1S/C20H22N6O2/c1-10-9-21-11(2)19-23-18(24-26(10)19)14-8-13(14)16-12(3)25-5-4-15-17(20(25)22-16)28-7-6-27-15/h4-5,9,13-15,17H,6-8H2,1-3H3. The molecule has 0 N–H and O–H groups in total. The molecule has 5 heterocycles. The number of aromatic nitrogens is 6. The van der Waals surface area contributed by atoms with E-state index in [0.29, 0.717) is 25.0 Å². The van der Waals surface area contributed by atoms with Gasteiger partial charge in [-0.2, -0.15) is 5.10 Å². The van der Waals surface area contributed by atoms with Crippen molar-refractivity contribution in [2.75, 3.05) is 13.2 Å². The van der Waals surface area contributed by atoms with E-state index in [2.05, 4.69) is 28.8 Å². The van der Waals surface area contributed by atoms with Crippen molar-refractivity contribution >= 4 is 11.8 Å². The maximum absolute atomic E-state index is 5.96. The van der Waals surface area contributed by atoms with Crippen LogP contribution in [0.15, 0.2) is 12.3 Å². The lowest BCUT2D eigenvalue weighted by atomic mass is 10.1. The Bertz CT molecular complexity index is 1090. The molecule has 8 nitrogen and oxygen atoms in total. The van der Waals surface area contributed by atoms with Gasteiger partial charge in [0, 0.05) is 29.9 Å². The van der Waals surface area contributed by atoms with Crippen LogP contribution in [-0.2, 0) is 9.47 Å². The maximum Gasteiger partial charge on any atom is 0.177 e. The first-order valence-electron chi connectivity index (χ1n) is 9.81. The molecule has 0 amide bonds. The van der Waals surface area contributed by atoms with Crippen LogP contribution in [0.4, 0.5) is 0 Å². The Morgan fingerprint density at radius 1 is 1.07 bits per heavy atom. The summed E-state index contributed by atoms with van der Waals surface area (Å²) in [5, 5.41) is 4.76. The van der Waals surface area contributed by atoms with Crippen molar-refractivity contribution in [3.63, 3.8) is 0 Å². The van der Waals surface area contributed by atoms with E-state index in [1.54, 1.807) is 0 Å². The maximum atomic E-state index is 5.96. The Hall–Kier alpha value is -2.58. The van der Waals surface area contributed by atoms with E-state index in [1.807, 2.05) is 24.6 Å². The van der Waals surface area contributed by atoms with Crippen molar-refractivity contribution in [3.05, 3.63) is 46.7 Å². The quantitative estimate of drug-likeness (QED) is 0.682. The lowest BCUT2D eigenvalue weighted by Crippen LogP contribution is -2.34. The molecule has 3 aliphatic rings. The van der Waals surface area contributed by atoms with Gasteiger partial charge in [0.15, 0.2) is 11.5 Å². The molecule has 28 heavy (non-hydrogen) atoms. The van der Waals surface area contributed by atoms with Crippen LogP contribution in [0.3, 0.4) is 0 Å². The summed E-state index contributed by atoms with van der Waals surface area (Å²) in [5.74, 6) is 2.49. The van der Waals surface area contributed by atoms with Crippen molar-refractivity contribution in [2.45, 2.75) is 51.2 Å². The summed E-state index contributed by atoms with van der Waals surface area (Å²) in [6, 6.07) is 0. The number of imidazole rings is 1. The van der Waals surface area contributed by atoms with Crippen LogP contribution >= 0.6 is 0 Å². The molecular weight excluding hydrogens is 356 g/mol. The van der Waals surface area contributed by atoms with Crippen LogP contribution < -0.4 is 0 Å². The summed E-state index contributed by atoms with van der Waals surface area (Å²) < 4.78 is 15.8. The molecule has 1 saturated heterocycles. The average Bonchev–Trinajstić information content (AvgIpc) is 3.23. The van der Waals surface area contributed by atoms with Crippen LogP contribution in [-0.4, -0.2) is 48.5 Å². The zero-order valence-corrected chi connectivity index (χ0v) is 16.2. The minimum absolute atomic E-state index is 0.0375. The van der Waals surface area contributed by atoms with Crippen LogP contribution in [0.1, 0.15) is 58.8 Å². The predicted molar refractivity (Wildman–Crippen MR) is 101 cm³/mol. The largest absolute Gasteiger partial charge is 0.368 e. The summed E-state index contributed by atoms with van der Waals surface area (Å²) >= 11 is 0. The molecule has 144 valence electrons. The van der Waals surface area contributed by atoms with Crippen molar-refractivity contribution < 1.29 is 9.47 Å².